The van der Waals surface area contributed by atoms with Crippen molar-refractivity contribution in [1.82, 2.24) is 9.88 Å². The second kappa shape index (κ2) is 5.32. The van der Waals surface area contributed by atoms with E-state index in [0.717, 1.165) is 0 Å². The van der Waals surface area contributed by atoms with Gasteiger partial charge in [0.05, 0.1) is 16.7 Å². The first kappa shape index (κ1) is 11.5. The fourth-order valence-electron chi connectivity index (χ4n) is 1.13. The van der Waals surface area contributed by atoms with Crippen LogP contribution in [0.4, 0.5) is 0 Å². The van der Waals surface area contributed by atoms with Crippen molar-refractivity contribution >= 4 is 17.5 Å². The van der Waals surface area contributed by atoms with E-state index in [1.165, 1.54) is 17.3 Å². The van der Waals surface area contributed by atoms with Crippen LogP contribution < -0.4 is 0 Å². The summed E-state index contributed by atoms with van der Waals surface area (Å²) in [4.78, 5) is 17.1. The second-order valence-electron chi connectivity index (χ2n) is 2.83. The molecule has 0 aliphatic heterocycles. The van der Waals surface area contributed by atoms with Gasteiger partial charge in [-0.25, -0.2) is 0 Å². The van der Waals surface area contributed by atoms with Gasteiger partial charge < -0.3 is 4.90 Å². The predicted octanol–water partition coefficient (Wildman–Crippen LogP) is 1.72. The number of carbonyl (C=O) groups excluding carboxylic acids is 1. The highest BCUT2D eigenvalue weighted by molar-refractivity contribution is 6.33. The van der Waals surface area contributed by atoms with Crippen LogP contribution in [0, 0.1) is 11.3 Å². The fraction of sp³-hybridized carbons (Fsp3) is 0.300. The molecule has 1 aromatic heterocycles. The first-order chi connectivity index (χ1) is 7.20. The lowest BCUT2D eigenvalue weighted by molar-refractivity contribution is 0.0784. The third-order valence-electron chi connectivity index (χ3n) is 1.93. The smallest absolute Gasteiger partial charge is 0.256 e. The number of carbonyl (C=O) groups is 1. The van der Waals surface area contributed by atoms with E-state index < -0.39 is 0 Å². The predicted molar refractivity (Wildman–Crippen MR) is 56.4 cm³/mol. The molecule has 78 valence electrons. The Morgan fingerprint density at radius 2 is 2.47 bits per heavy atom. The molecule has 0 saturated carbocycles. The molecule has 0 bridgehead atoms. The summed E-state index contributed by atoms with van der Waals surface area (Å²) >= 11 is 5.83. The molecule has 5 heteroatoms. The number of aromatic nitrogens is 1. The highest BCUT2D eigenvalue weighted by atomic mass is 35.5. The van der Waals surface area contributed by atoms with Crippen molar-refractivity contribution in [3.8, 4) is 6.07 Å². The van der Waals surface area contributed by atoms with Gasteiger partial charge in [0.1, 0.15) is 6.54 Å². The minimum absolute atomic E-state index is 0.0635. The molecule has 0 aromatic carbocycles. The van der Waals surface area contributed by atoms with Crippen molar-refractivity contribution in [2.75, 3.05) is 13.1 Å². The quantitative estimate of drug-likeness (QED) is 0.734. The fourth-order valence-corrected chi connectivity index (χ4v) is 1.33. The maximum atomic E-state index is 11.8. The zero-order valence-corrected chi connectivity index (χ0v) is 9.03. The maximum absolute atomic E-state index is 11.8. The van der Waals surface area contributed by atoms with Crippen molar-refractivity contribution in [2.24, 2.45) is 0 Å². The molecule has 0 aliphatic rings. The monoisotopic (exact) mass is 223 g/mol. The summed E-state index contributed by atoms with van der Waals surface area (Å²) in [6.45, 7) is 2.35. The van der Waals surface area contributed by atoms with E-state index in [1.807, 2.05) is 13.0 Å². The van der Waals surface area contributed by atoms with Gasteiger partial charge in [-0.15, -0.1) is 0 Å². The van der Waals surface area contributed by atoms with Gasteiger partial charge in [-0.1, -0.05) is 11.6 Å². The minimum Gasteiger partial charge on any atom is -0.326 e. The molecule has 1 amide bonds. The number of nitriles is 1. The Balaban J connectivity index is 2.94. The van der Waals surface area contributed by atoms with Gasteiger partial charge in [0.15, 0.2) is 0 Å². The molecule has 0 N–H and O–H groups in total. The molecule has 0 aliphatic carbocycles. The number of rotatable bonds is 3. The number of halogens is 1. The van der Waals surface area contributed by atoms with Gasteiger partial charge in [0.25, 0.3) is 5.91 Å². The summed E-state index contributed by atoms with van der Waals surface area (Å²) in [6, 6.07) is 3.48. The van der Waals surface area contributed by atoms with E-state index in [1.54, 1.807) is 6.07 Å². The molecular weight excluding hydrogens is 214 g/mol. The van der Waals surface area contributed by atoms with Crippen LogP contribution in [0.1, 0.15) is 17.3 Å². The van der Waals surface area contributed by atoms with Crippen molar-refractivity contribution in [1.29, 1.82) is 5.26 Å². The summed E-state index contributed by atoms with van der Waals surface area (Å²) < 4.78 is 0. The van der Waals surface area contributed by atoms with Crippen LogP contribution in [-0.4, -0.2) is 28.9 Å². The van der Waals surface area contributed by atoms with E-state index in [-0.39, 0.29) is 12.5 Å². The van der Waals surface area contributed by atoms with Crippen LogP contribution in [-0.2, 0) is 0 Å². The van der Waals surface area contributed by atoms with Crippen LogP contribution >= 0.6 is 11.6 Å². The third kappa shape index (κ3) is 2.67. The molecule has 1 heterocycles. The van der Waals surface area contributed by atoms with Crippen molar-refractivity contribution in [2.45, 2.75) is 6.92 Å². The third-order valence-corrected chi connectivity index (χ3v) is 2.23. The lowest BCUT2D eigenvalue weighted by Gasteiger charge is -2.17. The van der Waals surface area contributed by atoms with Crippen molar-refractivity contribution < 1.29 is 4.79 Å². The SMILES string of the molecule is CCN(CC#N)C(=O)c1ccncc1Cl. The van der Waals surface area contributed by atoms with E-state index in [4.69, 9.17) is 16.9 Å². The molecule has 0 spiro atoms. The molecule has 0 atom stereocenters. The Labute approximate surface area is 93.1 Å². The molecule has 1 aromatic rings. The number of nitrogens with zero attached hydrogens (tertiary/aromatic N) is 3. The van der Waals surface area contributed by atoms with Crippen molar-refractivity contribution in [3.63, 3.8) is 0 Å². The standard InChI is InChI=1S/C10H10ClN3O/c1-2-14(6-4-12)10(15)8-3-5-13-7-9(8)11/h3,5,7H,2,6H2,1H3. The van der Waals surface area contributed by atoms with Crippen molar-refractivity contribution in [3.05, 3.63) is 29.0 Å². The molecule has 4 nitrogen and oxygen atoms in total. The molecule has 0 unspecified atom stereocenters. The average Bonchev–Trinajstić information content (AvgIpc) is 2.25. The number of pyridine rings is 1. The molecule has 1 rings (SSSR count). The van der Waals surface area contributed by atoms with Gasteiger partial charge in [0, 0.05) is 18.9 Å². The summed E-state index contributed by atoms with van der Waals surface area (Å²) in [7, 11) is 0. The number of hydrogen-bond acceptors (Lipinski definition) is 3. The van der Waals surface area contributed by atoms with Gasteiger partial charge in [-0.2, -0.15) is 5.26 Å². The second-order valence-corrected chi connectivity index (χ2v) is 3.24. The van der Waals surface area contributed by atoms with E-state index in [2.05, 4.69) is 4.98 Å². The number of amides is 1. The summed E-state index contributed by atoms with van der Waals surface area (Å²) in [5.74, 6) is -0.244. The number of hydrogen-bond donors (Lipinski definition) is 0. The van der Waals surface area contributed by atoms with E-state index >= 15 is 0 Å². The Kier molecular flexibility index (Phi) is 4.07. The average molecular weight is 224 g/mol. The Hall–Kier alpha value is -1.60. The lowest BCUT2D eigenvalue weighted by Crippen LogP contribution is -2.31. The molecule has 0 saturated heterocycles. The largest absolute Gasteiger partial charge is 0.326 e. The Bertz CT molecular complexity index is 400. The van der Waals surface area contributed by atoms with Crippen LogP contribution in [0.3, 0.4) is 0 Å². The van der Waals surface area contributed by atoms with E-state index in [0.29, 0.717) is 17.1 Å². The van der Waals surface area contributed by atoms with Gasteiger partial charge in [-0.05, 0) is 13.0 Å². The highest BCUT2D eigenvalue weighted by Crippen LogP contribution is 2.15. The van der Waals surface area contributed by atoms with E-state index in [9.17, 15) is 4.79 Å². The molecule has 0 radical (unpaired) electrons. The minimum atomic E-state index is -0.244. The van der Waals surface area contributed by atoms with Crippen LogP contribution in [0.2, 0.25) is 5.02 Å². The topological polar surface area (TPSA) is 57.0 Å². The van der Waals surface area contributed by atoms with Crippen LogP contribution in [0.5, 0.6) is 0 Å². The summed E-state index contributed by atoms with van der Waals surface area (Å²) in [5.41, 5.74) is 0.378. The Morgan fingerprint density at radius 3 is 3.00 bits per heavy atom. The zero-order valence-electron chi connectivity index (χ0n) is 8.27. The maximum Gasteiger partial charge on any atom is 0.256 e. The van der Waals surface area contributed by atoms with Gasteiger partial charge in [0.2, 0.25) is 0 Å². The normalized spacial score (nSPS) is 9.40. The van der Waals surface area contributed by atoms with Crippen LogP contribution in [0.15, 0.2) is 18.5 Å². The first-order valence-electron chi connectivity index (χ1n) is 4.46. The Morgan fingerprint density at radius 1 is 1.73 bits per heavy atom. The lowest BCUT2D eigenvalue weighted by atomic mass is 10.2. The van der Waals surface area contributed by atoms with Gasteiger partial charge >= 0.3 is 0 Å². The first-order valence-corrected chi connectivity index (χ1v) is 4.84. The summed E-state index contributed by atoms with van der Waals surface area (Å²) in [5, 5.41) is 8.85. The molecular formula is C10H10ClN3O. The van der Waals surface area contributed by atoms with Crippen LogP contribution in [0.25, 0.3) is 0 Å². The summed E-state index contributed by atoms with van der Waals surface area (Å²) in [6.07, 6.45) is 2.91. The molecule has 0 fully saturated rings. The molecule has 15 heavy (non-hydrogen) atoms. The van der Waals surface area contributed by atoms with Gasteiger partial charge in [-0.3, -0.25) is 9.78 Å². The zero-order chi connectivity index (χ0) is 11.3. The highest BCUT2D eigenvalue weighted by Gasteiger charge is 2.16.